The van der Waals surface area contributed by atoms with Crippen LogP contribution in [-0.4, -0.2) is 43.3 Å². The molecule has 1 aromatic carbocycles. The Labute approximate surface area is 112 Å². The molecule has 0 spiro atoms. The van der Waals surface area contributed by atoms with E-state index < -0.39 is 0 Å². The molecule has 2 rings (SSSR count). The van der Waals surface area contributed by atoms with Gasteiger partial charge in [-0.15, -0.1) is 0 Å². The molecule has 0 bridgehead atoms. The van der Waals surface area contributed by atoms with Gasteiger partial charge in [0.15, 0.2) is 5.11 Å². The fourth-order valence-electron chi connectivity index (χ4n) is 2.13. The van der Waals surface area contributed by atoms with Gasteiger partial charge in [-0.05, 0) is 24.4 Å². The molecule has 18 heavy (non-hydrogen) atoms. The molecule has 3 N–H and O–H groups in total. The van der Waals surface area contributed by atoms with Crippen LogP contribution in [0.15, 0.2) is 24.3 Å². The number of nitrogens with one attached hydrogen (secondary N) is 1. The van der Waals surface area contributed by atoms with Crippen LogP contribution in [0.5, 0.6) is 5.75 Å². The molecular formula is C12H18N4OS. The summed E-state index contributed by atoms with van der Waals surface area (Å²) in [5.74, 6) is 6.24. The van der Waals surface area contributed by atoms with Crippen molar-refractivity contribution in [2.75, 3.05) is 38.2 Å². The highest BCUT2D eigenvalue weighted by molar-refractivity contribution is 7.80. The van der Waals surface area contributed by atoms with Gasteiger partial charge in [0, 0.05) is 26.2 Å². The van der Waals surface area contributed by atoms with Gasteiger partial charge in [-0.1, -0.05) is 12.1 Å². The van der Waals surface area contributed by atoms with E-state index in [0.29, 0.717) is 5.11 Å². The number of nitrogens with zero attached hydrogens (tertiary/aromatic N) is 2. The summed E-state index contributed by atoms with van der Waals surface area (Å²) in [6, 6.07) is 8.06. The summed E-state index contributed by atoms with van der Waals surface area (Å²) in [5, 5.41) is 0.606. The molecule has 0 radical (unpaired) electrons. The maximum absolute atomic E-state index is 5.38. The summed E-state index contributed by atoms with van der Waals surface area (Å²) >= 11 is 5.13. The number of anilines is 1. The van der Waals surface area contributed by atoms with Crippen LogP contribution in [0.4, 0.5) is 5.69 Å². The number of nitrogens with two attached hydrogens (primary N) is 1. The van der Waals surface area contributed by atoms with E-state index in [4.69, 9.17) is 22.8 Å². The Morgan fingerprint density at radius 1 is 1.28 bits per heavy atom. The van der Waals surface area contributed by atoms with Crippen LogP contribution in [0.25, 0.3) is 0 Å². The number of rotatable bonds is 2. The molecule has 0 aromatic heterocycles. The highest BCUT2D eigenvalue weighted by Crippen LogP contribution is 2.28. The third-order valence-electron chi connectivity index (χ3n) is 3.12. The lowest BCUT2D eigenvalue weighted by molar-refractivity contribution is 0.374. The Kier molecular flexibility index (Phi) is 4.22. The lowest BCUT2D eigenvalue weighted by Crippen LogP contribution is -2.53. The second kappa shape index (κ2) is 5.88. The first-order valence-electron chi connectivity index (χ1n) is 5.89. The molecule has 0 saturated carbocycles. The number of benzene rings is 1. The van der Waals surface area contributed by atoms with Crippen molar-refractivity contribution in [3.05, 3.63) is 24.3 Å². The molecular weight excluding hydrogens is 248 g/mol. The van der Waals surface area contributed by atoms with Crippen LogP contribution in [0.3, 0.4) is 0 Å². The smallest absolute Gasteiger partial charge is 0.183 e. The molecule has 1 aromatic rings. The normalized spacial score (nSPS) is 15.4. The van der Waals surface area contributed by atoms with Crippen molar-refractivity contribution in [1.29, 1.82) is 0 Å². The molecule has 98 valence electrons. The Morgan fingerprint density at radius 2 is 1.94 bits per heavy atom. The zero-order valence-corrected chi connectivity index (χ0v) is 11.2. The van der Waals surface area contributed by atoms with Gasteiger partial charge < -0.3 is 20.0 Å². The number of piperazine rings is 1. The van der Waals surface area contributed by atoms with Crippen molar-refractivity contribution in [2.45, 2.75) is 0 Å². The average molecular weight is 266 g/mol. The van der Waals surface area contributed by atoms with Crippen molar-refractivity contribution in [1.82, 2.24) is 10.3 Å². The first-order valence-corrected chi connectivity index (χ1v) is 6.30. The maximum Gasteiger partial charge on any atom is 0.183 e. The third-order valence-corrected chi connectivity index (χ3v) is 3.49. The van der Waals surface area contributed by atoms with Gasteiger partial charge in [0.05, 0.1) is 12.8 Å². The van der Waals surface area contributed by atoms with E-state index in [1.54, 1.807) is 7.11 Å². The summed E-state index contributed by atoms with van der Waals surface area (Å²) in [5.41, 5.74) is 3.66. The van der Waals surface area contributed by atoms with Crippen molar-refractivity contribution < 1.29 is 4.74 Å². The van der Waals surface area contributed by atoms with Gasteiger partial charge in [0.2, 0.25) is 0 Å². The van der Waals surface area contributed by atoms with Crippen molar-refractivity contribution in [3.63, 3.8) is 0 Å². The summed E-state index contributed by atoms with van der Waals surface area (Å²) < 4.78 is 5.38. The Hall–Kier alpha value is -1.53. The summed E-state index contributed by atoms with van der Waals surface area (Å²) in [6.07, 6.45) is 0. The standard InChI is InChI=1S/C12H18N4OS/c1-17-11-5-3-2-4-10(11)15-6-8-16(9-7-15)12(18)14-13/h2-5H,6-9,13H2,1H3,(H,14,18). The summed E-state index contributed by atoms with van der Waals surface area (Å²) in [7, 11) is 1.70. The van der Waals surface area contributed by atoms with Gasteiger partial charge in [-0.3, -0.25) is 0 Å². The van der Waals surface area contributed by atoms with Crippen molar-refractivity contribution in [2.24, 2.45) is 5.84 Å². The van der Waals surface area contributed by atoms with Gasteiger partial charge in [0.25, 0.3) is 0 Å². The van der Waals surface area contributed by atoms with Crippen LogP contribution in [0.1, 0.15) is 0 Å². The van der Waals surface area contributed by atoms with E-state index in [1.165, 1.54) is 0 Å². The number of para-hydroxylation sites is 2. The van der Waals surface area contributed by atoms with Crippen LogP contribution >= 0.6 is 12.2 Å². The lowest BCUT2D eigenvalue weighted by atomic mass is 10.2. The molecule has 0 amide bonds. The van der Waals surface area contributed by atoms with Crippen LogP contribution < -0.4 is 20.9 Å². The molecule has 1 aliphatic rings. The predicted molar refractivity (Wildman–Crippen MR) is 76.7 cm³/mol. The molecule has 0 aliphatic carbocycles. The minimum absolute atomic E-state index is 0.606. The van der Waals surface area contributed by atoms with Crippen LogP contribution in [-0.2, 0) is 0 Å². The zero-order valence-electron chi connectivity index (χ0n) is 10.4. The fraction of sp³-hybridized carbons (Fsp3) is 0.417. The second-order valence-electron chi connectivity index (χ2n) is 4.10. The molecule has 1 aliphatic heterocycles. The van der Waals surface area contributed by atoms with E-state index in [1.807, 2.05) is 18.2 Å². The molecule has 0 atom stereocenters. The minimum Gasteiger partial charge on any atom is -0.495 e. The highest BCUT2D eigenvalue weighted by atomic mass is 32.1. The molecule has 6 heteroatoms. The quantitative estimate of drug-likeness (QED) is 0.464. The van der Waals surface area contributed by atoms with E-state index in [2.05, 4.69) is 21.3 Å². The van der Waals surface area contributed by atoms with Gasteiger partial charge >= 0.3 is 0 Å². The molecule has 1 saturated heterocycles. The number of hydrogen-bond donors (Lipinski definition) is 2. The van der Waals surface area contributed by atoms with E-state index in [9.17, 15) is 0 Å². The SMILES string of the molecule is COc1ccccc1N1CCN(C(=S)NN)CC1. The third kappa shape index (κ3) is 2.65. The van der Waals surface area contributed by atoms with Gasteiger partial charge in [0.1, 0.15) is 5.75 Å². The lowest BCUT2D eigenvalue weighted by Gasteiger charge is -2.37. The topological polar surface area (TPSA) is 53.8 Å². The van der Waals surface area contributed by atoms with Crippen molar-refractivity contribution >= 4 is 23.0 Å². The first-order chi connectivity index (χ1) is 8.76. The maximum atomic E-state index is 5.38. The Morgan fingerprint density at radius 3 is 2.56 bits per heavy atom. The first kappa shape index (κ1) is 12.9. The summed E-state index contributed by atoms with van der Waals surface area (Å²) in [6.45, 7) is 3.53. The van der Waals surface area contributed by atoms with Gasteiger partial charge in [-0.2, -0.15) is 0 Å². The Balaban J connectivity index is 2.03. The van der Waals surface area contributed by atoms with Crippen LogP contribution in [0.2, 0.25) is 0 Å². The molecule has 0 unspecified atom stereocenters. The zero-order chi connectivity index (χ0) is 13.0. The van der Waals surface area contributed by atoms with Gasteiger partial charge in [-0.25, -0.2) is 5.84 Å². The van der Waals surface area contributed by atoms with E-state index in [0.717, 1.165) is 37.6 Å². The average Bonchev–Trinajstić information content (AvgIpc) is 2.46. The minimum atomic E-state index is 0.606. The number of hydrogen-bond acceptors (Lipinski definition) is 4. The predicted octanol–water partition coefficient (Wildman–Crippen LogP) is 0.565. The number of methoxy groups -OCH3 is 1. The highest BCUT2D eigenvalue weighted by Gasteiger charge is 2.20. The second-order valence-corrected chi connectivity index (χ2v) is 4.48. The molecule has 1 fully saturated rings. The number of hydrazine groups is 1. The Bertz CT molecular complexity index is 418. The number of thiocarbonyl (C=S) groups is 1. The number of ether oxygens (including phenoxy) is 1. The molecule has 1 heterocycles. The van der Waals surface area contributed by atoms with E-state index >= 15 is 0 Å². The van der Waals surface area contributed by atoms with E-state index in [-0.39, 0.29) is 0 Å². The molecule has 5 nitrogen and oxygen atoms in total. The largest absolute Gasteiger partial charge is 0.495 e. The monoisotopic (exact) mass is 266 g/mol. The summed E-state index contributed by atoms with van der Waals surface area (Å²) in [4.78, 5) is 4.37. The van der Waals surface area contributed by atoms with Crippen molar-refractivity contribution in [3.8, 4) is 5.75 Å². The van der Waals surface area contributed by atoms with Crippen LogP contribution in [0, 0.1) is 0 Å². The fourth-order valence-corrected chi connectivity index (χ4v) is 2.32.